The molecule has 0 aliphatic heterocycles. The van der Waals surface area contributed by atoms with Gasteiger partial charge in [0.2, 0.25) is 11.8 Å². The Labute approximate surface area is 157 Å². The number of hydrogen-bond acceptors (Lipinski definition) is 3. The first-order chi connectivity index (χ1) is 12.5. The highest BCUT2D eigenvalue weighted by molar-refractivity contribution is 6.30. The van der Waals surface area contributed by atoms with E-state index in [1.807, 2.05) is 19.2 Å². The molecule has 4 nitrogen and oxygen atoms in total. The number of carbonyl (C=O) groups excluding carboxylic acids is 1. The minimum absolute atomic E-state index is 0.0525. The predicted molar refractivity (Wildman–Crippen MR) is 99.1 cm³/mol. The number of rotatable bonds is 7. The van der Waals surface area contributed by atoms with Crippen LogP contribution in [0.3, 0.4) is 0 Å². The second kappa shape index (κ2) is 8.04. The number of hydrogen-bond donors (Lipinski definition) is 1. The first kappa shape index (κ1) is 18.6. The molecule has 1 atom stereocenters. The topological polar surface area (TPSA) is 51.2 Å². The molecule has 1 aliphatic rings. The zero-order valence-corrected chi connectivity index (χ0v) is 15.6. The molecule has 1 fully saturated rings. The van der Waals surface area contributed by atoms with Crippen molar-refractivity contribution in [2.45, 2.75) is 44.6 Å². The maximum atomic E-state index is 13.7. The van der Waals surface area contributed by atoms with Gasteiger partial charge in [-0.2, -0.15) is 0 Å². The lowest BCUT2D eigenvalue weighted by atomic mass is 9.95. The Hall–Kier alpha value is -2.14. The summed E-state index contributed by atoms with van der Waals surface area (Å²) in [6.07, 6.45) is 4.76. The second-order valence-electron chi connectivity index (χ2n) is 6.56. The molecule has 1 aromatic heterocycles. The van der Waals surface area contributed by atoms with Gasteiger partial charge in [-0.15, -0.1) is 0 Å². The number of aromatic nitrogens is 1. The van der Waals surface area contributed by atoms with E-state index in [0.29, 0.717) is 30.3 Å². The van der Waals surface area contributed by atoms with Crippen molar-refractivity contribution in [3.63, 3.8) is 0 Å². The first-order valence-electron chi connectivity index (χ1n) is 8.79. The number of benzene rings is 1. The van der Waals surface area contributed by atoms with Gasteiger partial charge in [-0.3, -0.25) is 4.79 Å². The number of pyridine rings is 1. The van der Waals surface area contributed by atoms with Crippen molar-refractivity contribution < 1.29 is 13.9 Å². The van der Waals surface area contributed by atoms with Crippen LogP contribution in [0.5, 0.6) is 5.88 Å². The largest absolute Gasteiger partial charge is 0.481 e. The van der Waals surface area contributed by atoms with Crippen LogP contribution in [0.25, 0.3) is 0 Å². The minimum atomic E-state index is -0.515. The molecule has 1 unspecified atom stereocenters. The summed E-state index contributed by atoms with van der Waals surface area (Å²) in [5, 5.41) is 2.98. The lowest BCUT2D eigenvalue weighted by Crippen LogP contribution is -2.29. The number of methoxy groups -OCH3 is 1. The molecule has 138 valence electrons. The van der Waals surface area contributed by atoms with Gasteiger partial charge in [0.15, 0.2) is 0 Å². The van der Waals surface area contributed by atoms with Crippen LogP contribution in [0.1, 0.15) is 54.7 Å². The lowest BCUT2D eigenvalue weighted by Gasteiger charge is -2.17. The van der Waals surface area contributed by atoms with Crippen molar-refractivity contribution in [3.05, 3.63) is 58.0 Å². The van der Waals surface area contributed by atoms with Gasteiger partial charge >= 0.3 is 0 Å². The fourth-order valence-corrected chi connectivity index (χ4v) is 3.19. The molecule has 3 rings (SSSR count). The maximum Gasteiger partial charge on any atom is 0.227 e. The van der Waals surface area contributed by atoms with E-state index >= 15 is 0 Å². The van der Waals surface area contributed by atoms with E-state index in [0.717, 1.165) is 5.56 Å². The zero-order valence-electron chi connectivity index (χ0n) is 14.9. The van der Waals surface area contributed by atoms with Crippen molar-refractivity contribution in [1.29, 1.82) is 0 Å². The Morgan fingerprint density at radius 1 is 1.42 bits per heavy atom. The summed E-state index contributed by atoms with van der Waals surface area (Å²) < 4.78 is 19.0. The number of amides is 1. The summed E-state index contributed by atoms with van der Waals surface area (Å²) in [4.78, 5) is 17.0. The molecule has 1 amide bonds. The number of ether oxygens (including phenoxy) is 1. The van der Waals surface area contributed by atoms with Gasteiger partial charge in [-0.25, -0.2) is 9.37 Å². The zero-order chi connectivity index (χ0) is 18.7. The van der Waals surface area contributed by atoms with E-state index in [1.165, 1.54) is 30.5 Å². The quantitative estimate of drug-likeness (QED) is 0.770. The van der Waals surface area contributed by atoms with Gasteiger partial charge in [0.1, 0.15) is 5.82 Å². The number of nitrogens with one attached hydrogen (secondary N) is 1. The minimum Gasteiger partial charge on any atom is -0.481 e. The van der Waals surface area contributed by atoms with Crippen LogP contribution in [0.4, 0.5) is 4.39 Å². The van der Waals surface area contributed by atoms with Crippen LogP contribution < -0.4 is 10.1 Å². The standard InChI is InChI=1S/C20H22ClFN2O2/c1-3-16(13-6-7-17(21)18(22)9-13)19(25)23-11-15-8-14(12-4-5-12)10-24-20(15)26-2/h6-10,12,16H,3-5,11H2,1-2H3,(H,23,25). The Bertz CT molecular complexity index is 808. The molecule has 1 heterocycles. The van der Waals surface area contributed by atoms with Crippen LogP contribution >= 0.6 is 11.6 Å². The molecule has 0 radical (unpaired) electrons. The van der Waals surface area contributed by atoms with E-state index < -0.39 is 11.7 Å². The summed E-state index contributed by atoms with van der Waals surface area (Å²) in [6.45, 7) is 2.22. The van der Waals surface area contributed by atoms with Crippen LogP contribution in [0.15, 0.2) is 30.5 Å². The van der Waals surface area contributed by atoms with Gasteiger partial charge in [0.25, 0.3) is 0 Å². The predicted octanol–water partition coefficient (Wildman–Crippen LogP) is 4.57. The normalized spacial score (nSPS) is 14.8. The molecule has 26 heavy (non-hydrogen) atoms. The lowest BCUT2D eigenvalue weighted by molar-refractivity contribution is -0.122. The highest BCUT2D eigenvalue weighted by atomic mass is 35.5. The van der Waals surface area contributed by atoms with E-state index in [-0.39, 0.29) is 10.9 Å². The third kappa shape index (κ3) is 4.15. The molecule has 6 heteroatoms. The first-order valence-corrected chi connectivity index (χ1v) is 9.16. The van der Waals surface area contributed by atoms with E-state index in [9.17, 15) is 9.18 Å². The fraction of sp³-hybridized carbons (Fsp3) is 0.400. The number of halogens is 2. The number of carbonyl (C=O) groups is 1. The van der Waals surface area contributed by atoms with E-state index in [1.54, 1.807) is 13.2 Å². The molecular formula is C20H22ClFN2O2. The highest BCUT2D eigenvalue weighted by Crippen LogP contribution is 2.40. The molecular weight excluding hydrogens is 355 g/mol. The van der Waals surface area contributed by atoms with Crippen LogP contribution in [-0.4, -0.2) is 18.0 Å². The molecule has 0 bridgehead atoms. The third-order valence-corrected chi connectivity index (χ3v) is 5.02. The highest BCUT2D eigenvalue weighted by Gasteiger charge is 2.25. The van der Waals surface area contributed by atoms with Crippen LogP contribution in [0.2, 0.25) is 5.02 Å². The van der Waals surface area contributed by atoms with Gasteiger partial charge in [0, 0.05) is 18.3 Å². The average molecular weight is 377 g/mol. The molecule has 2 aromatic rings. The Morgan fingerprint density at radius 2 is 2.19 bits per heavy atom. The summed E-state index contributed by atoms with van der Waals surface area (Å²) in [5.41, 5.74) is 2.65. The summed E-state index contributed by atoms with van der Waals surface area (Å²) >= 11 is 5.73. The Morgan fingerprint density at radius 3 is 2.81 bits per heavy atom. The Kier molecular flexibility index (Phi) is 5.77. The van der Waals surface area contributed by atoms with Crippen molar-refractivity contribution in [3.8, 4) is 5.88 Å². The van der Waals surface area contributed by atoms with Gasteiger partial charge in [-0.05, 0) is 54.5 Å². The molecule has 1 aliphatic carbocycles. The van der Waals surface area contributed by atoms with Crippen molar-refractivity contribution in [2.24, 2.45) is 0 Å². The molecule has 0 saturated heterocycles. The van der Waals surface area contributed by atoms with Crippen molar-refractivity contribution in [2.75, 3.05) is 7.11 Å². The molecule has 1 saturated carbocycles. The number of nitrogens with zero attached hydrogens (tertiary/aromatic N) is 1. The fourth-order valence-electron chi connectivity index (χ4n) is 3.07. The van der Waals surface area contributed by atoms with Crippen molar-refractivity contribution >= 4 is 17.5 Å². The molecule has 0 spiro atoms. The summed E-state index contributed by atoms with van der Waals surface area (Å²) in [5.74, 6) is -0.0255. The maximum absolute atomic E-state index is 13.7. The monoisotopic (exact) mass is 376 g/mol. The van der Waals surface area contributed by atoms with E-state index in [2.05, 4.69) is 10.3 Å². The van der Waals surface area contributed by atoms with Gasteiger partial charge in [0.05, 0.1) is 18.1 Å². The summed E-state index contributed by atoms with van der Waals surface area (Å²) in [6, 6.07) is 6.54. The van der Waals surface area contributed by atoms with Crippen LogP contribution in [0, 0.1) is 5.82 Å². The van der Waals surface area contributed by atoms with E-state index in [4.69, 9.17) is 16.3 Å². The average Bonchev–Trinajstić information content (AvgIpc) is 3.48. The summed E-state index contributed by atoms with van der Waals surface area (Å²) in [7, 11) is 1.57. The van der Waals surface area contributed by atoms with Crippen LogP contribution in [-0.2, 0) is 11.3 Å². The van der Waals surface area contributed by atoms with Gasteiger partial charge in [-0.1, -0.05) is 24.6 Å². The smallest absolute Gasteiger partial charge is 0.227 e. The Balaban J connectivity index is 1.72. The SMILES string of the molecule is CCC(C(=O)NCc1cc(C2CC2)cnc1OC)c1ccc(Cl)c(F)c1. The molecule has 1 N–H and O–H groups in total. The molecule has 1 aromatic carbocycles. The van der Waals surface area contributed by atoms with Gasteiger partial charge < -0.3 is 10.1 Å². The third-order valence-electron chi connectivity index (χ3n) is 4.71. The second-order valence-corrected chi connectivity index (χ2v) is 6.97. The van der Waals surface area contributed by atoms with Crippen molar-refractivity contribution in [1.82, 2.24) is 10.3 Å².